The maximum atomic E-state index is 11.8. The zero-order chi connectivity index (χ0) is 19.5. The first kappa shape index (κ1) is 18.3. The van der Waals surface area contributed by atoms with E-state index in [-0.39, 0.29) is 11.9 Å². The van der Waals surface area contributed by atoms with E-state index in [0.717, 1.165) is 29.5 Å². The maximum absolute atomic E-state index is 11.8. The zero-order valence-corrected chi connectivity index (χ0v) is 15.9. The van der Waals surface area contributed by atoms with Gasteiger partial charge in [0.05, 0.1) is 30.0 Å². The number of esters is 1. The van der Waals surface area contributed by atoms with Crippen molar-refractivity contribution in [1.82, 2.24) is 4.98 Å². The van der Waals surface area contributed by atoms with Crippen LogP contribution >= 0.6 is 0 Å². The number of aliphatic imine (C=N–C) groups is 1. The van der Waals surface area contributed by atoms with Gasteiger partial charge >= 0.3 is 5.97 Å². The number of aromatic hydroxyl groups is 1. The molecule has 1 fully saturated rings. The summed E-state index contributed by atoms with van der Waals surface area (Å²) in [5.74, 6) is -0.341. The minimum atomic E-state index is -0.406. The van der Waals surface area contributed by atoms with E-state index in [0.29, 0.717) is 16.6 Å². The van der Waals surface area contributed by atoms with Gasteiger partial charge in [-0.25, -0.2) is 4.79 Å². The number of carbonyl (C=O) groups excluding carboxylic acids is 1. The summed E-state index contributed by atoms with van der Waals surface area (Å²) in [6, 6.07) is 15.5. The molecule has 0 saturated heterocycles. The SMILES string of the molecule is COC(=O)c1ccc2c(C(=NC3CCCCC3)c3ccccc3)c(O)[nH]c2c1. The number of aromatic amines is 1. The molecule has 4 rings (SSSR count). The van der Waals surface area contributed by atoms with E-state index in [1.165, 1.54) is 26.4 Å². The van der Waals surface area contributed by atoms with Crippen LogP contribution in [-0.4, -0.2) is 34.9 Å². The van der Waals surface area contributed by atoms with Crippen LogP contribution in [-0.2, 0) is 4.74 Å². The van der Waals surface area contributed by atoms with Crippen LogP contribution in [0.2, 0.25) is 0 Å². The van der Waals surface area contributed by atoms with Crippen LogP contribution in [0.3, 0.4) is 0 Å². The molecule has 5 nitrogen and oxygen atoms in total. The maximum Gasteiger partial charge on any atom is 0.337 e. The standard InChI is InChI=1S/C23H24N2O3/c1-28-23(27)16-12-13-18-19(14-16)25-22(26)20(18)21(15-8-4-2-5-9-15)24-17-10-6-3-7-11-17/h2,4-5,8-9,12-14,17,25-26H,3,6-7,10-11H2,1H3. The van der Waals surface area contributed by atoms with Crippen LogP contribution in [0.5, 0.6) is 5.88 Å². The number of nitrogens with one attached hydrogen (secondary N) is 1. The Kier molecular flexibility index (Phi) is 5.15. The fraction of sp³-hybridized carbons (Fsp3) is 0.304. The molecule has 0 radical (unpaired) electrons. The van der Waals surface area contributed by atoms with Crippen molar-refractivity contribution >= 4 is 22.6 Å². The molecule has 0 atom stereocenters. The number of aromatic nitrogens is 1. The summed E-state index contributed by atoms with van der Waals surface area (Å²) in [4.78, 5) is 19.9. The van der Waals surface area contributed by atoms with E-state index in [1.54, 1.807) is 12.1 Å². The second kappa shape index (κ2) is 7.89. The minimum absolute atomic E-state index is 0.0652. The number of nitrogens with zero attached hydrogens (tertiary/aromatic N) is 1. The summed E-state index contributed by atoms with van der Waals surface area (Å²) < 4.78 is 4.80. The van der Waals surface area contributed by atoms with Crippen LogP contribution in [0.15, 0.2) is 53.5 Å². The van der Waals surface area contributed by atoms with Crippen molar-refractivity contribution < 1.29 is 14.6 Å². The van der Waals surface area contributed by atoms with Crippen LogP contribution in [0, 0.1) is 0 Å². The van der Waals surface area contributed by atoms with Crippen LogP contribution < -0.4 is 0 Å². The van der Waals surface area contributed by atoms with Crippen molar-refractivity contribution in [3.05, 3.63) is 65.2 Å². The van der Waals surface area contributed by atoms with Crippen molar-refractivity contribution in [2.24, 2.45) is 4.99 Å². The number of hydrogen-bond acceptors (Lipinski definition) is 4. The average Bonchev–Trinajstić information content (AvgIpc) is 3.07. The first-order valence-corrected chi connectivity index (χ1v) is 9.74. The first-order valence-electron chi connectivity index (χ1n) is 9.74. The molecule has 0 unspecified atom stereocenters. The van der Waals surface area contributed by atoms with Gasteiger partial charge < -0.3 is 14.8 Å². The molecule has 0 bridgehead atoms. The summed E-state index contributed by atoms with van der Waals surface area (Å²) in [5.41, 5.74) is 3.57. The summed E-state index contributed by atoms with van der Waals surface area (Å²) in [7, 11) is 1.36. The Labute approximate surface area is 164 Å². The van der Waals surface area contributed by atoms with E-state index in [4.69, 9.17) is 9.73 Å². The van der Waals surface area contributed by atoms with Crippen LogP contribution in [0.4, 0.5) is 0 Å². The van der Waals surface area contributed by atoms with E-state index >= 15 is 0 Å². The molecule has 5 heteroatoms. The Hall–Kier alpha value is -3.08. The number of methoxy groups -OCH3 is 1. The average molecular weight is 376 g/mol. The molecular formula is C23H24N2O3. The highest BCUT2D eigenvalue weighted by atomic mass is 16.5. The van der Waals surface area contributed by atoms with Gasteiger partial charge in [0.15, 0.2) is 5.88 Å². The third-order valence-electron chi connectivity index (χ3n) is 5.37. The second-order valence-corrected chi connectivity index (χ2v) is 7.24. The van der Waals surface area contributed by atoms with Gasteiger partial charge in [-0.05, 0) is 25.0 Å². The van der Waals surface area contributed by atoms with E-state index in [1.807, 2.05) is 36.4 Å². The molecular weight excluding hydrogens is 352 g/mol. The topological polar surface area (TPSA) is 74.7 Å². The van der Waals surface area contributed by atoms with Crippen molar-refractivity contribution in [3.8, 4) is 5.88 Å². The lowest BCUT2D eigenvalue weighted by atomic mass is 9.94. The number of ether oxygens (including phenoxy) is 1. The van der Waals surface area contributed by atoms with E-state index < -0.39 is 5.97 Å². The fourth-order valence-corrected chi connectivity index (χ4v) is 3.94. The molecule has 1 aromatic heterocycles. The van der Waals surface area contributed by atoms with E-state index in [9.17, 15) is 9.90 Å². The third kappa shape index (κ3) is 3.52. The molecule has 28 heavy (non-hydrogen) atoms. The highest BCUT2D eigenvalue weighted by Crippen LogP contribution is 2.32. The van der Waals surface area contributed by atoms with Gasteiger partial charge in [-0.1, -0.05) is 55.7 Å². The molecule has 144 valence electrons. The second-order valence-electron chi connectivity index (χ2n) is 7.24. The summed E-state index contributed by atoms with van der Waals surface area (Å²) in [6.45, 7) is 0. The van der Waals surface area contributed by atoms with Gasteiger partial charge in [0.25, 0.3) is 0 Å². The Bertz CT molecular complexity index is 1020. The minimum Gasteiger partial charge on any atom is -0.494 e. The van der Waals surface area contributed by atoms with Gasteiger partial charge in [0.1, 0.15) is 0 Å². The Morgan fingerprint density at radius 3 is 2.54 bits per heavy atom. The molecule has 0 spiro atoms. The highest BCUT2D eigenvalue weighted by Gasteiger charge is 2.21. The lowest BCUT2D eigenvalue weighted by molar-refractivity contribution is 0.0601. The number of fused-ring (bicyclic) bond motifs is 1. The molecule has 0 aliphatic heterocycles. The summed E-state index contributed by atoms with van der Waals surface area (Å²) in [5, 5.41) is 11.6. The highest BCUT2D eigenvalue weighted by molar-refractivity contribution is 6.21. The lowest BCUT2D eigenvalue weighted by Gasteiger charge is -2.19. The predicted octanol–water partition coefficient (Wildman–Crippen LogP) is 4.83. The van der Waals surface area contributed by atoms with Crippen LogP contribution in [0.1, 0.15) is 53.6 Å². The van der Waals surface area contributed by atoms with Gasteiger partial charge in [-0.3, -0.25) is 4.99 Å². The van der Waals surface area contributed by atoms with Gasteiger partial charge in [-0.15, -0.1) is 0 Å². The van der Waals surface area contributed by atoms with Gasteiger partial charge in [0.2, 0.25) is 0 Å². The van der Waals surface area contributed by atoms with Crippen molar-refractivity contribution in [1.29, 1.82) is 0 Å². The largest absolute Gasteiger partial charge is 0.494 e. The molecule has 1 saturated carbocycles. The number of H-pyrrole nitrogens is 1. The summed E-state index contributed by atoms with van der Waals surface area (Å²) >= 11 is 0. The fourth-order valence-electron chi connectivity index (χ4n) is 3.94. The predicted molar refractivity (Wildman–Crippen MR) is 110 cm³/mol. The zero-order valence-electron chi connectivity index (χ0n) is 15.9. The Balaban J connectivity index is 1.86. The Morgan fingerprint density at radius 2 is 1.82 bits per heavy atom. The molecule has 3 aromatic rings. The van der Waals surface area contributed by atoms with Crippen molar-refractivity contribution in [2.75, 3.05) is 7.11 Å². The number of carbonyl (C=O) groups is 1. The number of rotatable bonds is 4. The smallest absolute Gasteiger partial charge is 0.337 e. The van der Waals surface area contributed by atoms with Gasteiger partial charge in [-0.2, -0.15) is 0 Å². The van der Waals surface area contributed by atoms with E-state index in [2.05, 4.69) is 4.98 Å². The quantitative estimate of drug-likeness (QED) is 0.506. The lowest BCUT2D eigenvalue weighted by Crippen LogP contribution is -2.14. The first-order chi connectivity index (χ1) is 13.7. The molecule has 1 aliphatic carbocycles. The number of hydrogen-bond donors (Lipinski definition) is 2. The molecule has 2 aromatic carbocycles. The molecule has 1 aliphatic rings. The Morgan fingerprint density at radius 1 is 1.07 bits per heavy atom. The monoisotopic (exact) mass is 376 g/mol. The molecule has 0 amide bonds. The molecule has 2 N–H and O–H groups in total. The van der Waals surface area contributed by atoms with Crippen molar-refractivity contribution in [3.63, 3.8) is 0 Å². The number of benzene rings is 2. The third-order valence-corrected chi connectivity index (χ3v) is 5.37. The normalized spacial score (nSPS) is 15.7. The molecule has 1 heterocycles. The van der Waals surface area contributed by atoms with Crippen LogP contribution in [0.25, 0.3) is 10.9 Å². The summed E-state index contributed by atoms with van der Waals surface area (Å²) in [6.07, 6.45) is 5.80. The van der Waals surface area contributed by atoms with Gasteiger partial charge in [0, 0.05) is 16.5 Å². The van der Waals surface area contributed by atoms with Crippen molar-refractivity contribution in [2.45, 2.75) is 38.1 Å².